The molecule has 9 nitrogen and oxygen atoms in total. The van der Waals surface area contributed by atoms with E-state index in [1.807, 2.05) is 54.4 Å². The van der Waals surface area contributed by atoms with E-state index in [1.54, 1.807) is 6.20 Å². The summed E-state index contributed by atoms with van der Waals surface area (Å²) in [5, 5.41) is 8.55. The Morgan fingerprint density at radius 1 is 1.12 bits per heavy atom. The monoisotopic (exact) mass is 379 g/mol. The van der Waals surface area contributed by atoms with Crippen LogP contribution in [-0.4, -0.2) is 72.7 Å². The summed E-state index contributed by atoms with van der Waals surface area (Å²) >= 11 is 0. The van der Waals surface area contributed by atoms with E-state index in [-0.39, 0.29) is 5.03 Å². The van der Waals surface area contributed by atoms with Crippen LogP contribution in [0.1, 0.15) is 12.7 Å². The number of aryl methyl sites for hydroxylation is 2. The number of hydrogen-bond acceptors (Lipinski definition) is 7. The summed E-state index contributed by atoms with van der Waals surface area (Å²) in [7, 11) is 0.258. The summed E-state index contributed by atoms with van der Waals surface area (Å²) in [5.41, 5.74) is 0. The quantitative estimate of drug-likeness (QED) is 0.751. The lowest BCUT2D eigenvalue weighted by Gasteiger charge is -2.34. The zero-order valence-corrected chi connectivity index (χ0v) is 16.4. The van der Waals surface area contributed by atoms with Crippen LogP contribution in [0.5, 0.6) is 0 Å². The highest BCUT2D eigenvalue weighted by atomic mass is 32.2. The molecule has 1 fully saturated rings. The van der Waals surface area contributed by atoms with E-state index < -0.39 is 10.0 Å². The number of piperazine rings is 1. The third kappa shape index (κ3) is 3.51. The molecule has 2 aromatic heterocycles. The van der Waals surface area contributed by atoms with Gasteiger partial charge in [0.25, 0.3) is 10.0 Å². The van der Waals surface area contributed by atoms with Gasteiger partial charge in [0.1, 0.15) is 5.82 Å². The maximum absolute atomic E-state index is 12.8. The molecule has 0 unspecified atom stereocenters. The van der Waals surface area contributed by atoms with Crippen LogP contribution in [0.3, 0.4) is 0 Å². The van der Waals surface area contributed by atoms with Crippen LogP contribution in [0.15, 0.2) is 23.4 Å². The summed E-state index contributed by atoms with van der Waals surface area (Å²) in [6, 6.07) is 3.82. The molecule has 0 saturated carbocycles. The lowest BCUT2D eigenvalue weighted by atomic mass is 10.3. The number of aromatic nitrogens is 4. The van der Waals surface area contributed by atoms with Gasteiger partial charge in [-0.2, -0.15) is 4.31 Å². The standard InChI is InChI=1S/C16H25N7O2S/c1-5-21-12-16(17-13(21)2)26(24,25)23-10-8-22(9-11-23)15-7-6-14(18-19-15)20(3)4/h6-7,12H,5,8-11H2,1-4H3. The zero-order chi connectivity index (χ0) is 18.9. The second-order valence-corrected chi connectivity index (χ2v) is 8.33. The highest BCUT2D eigenvalue weighted by molar-refractivity contribution is 7.89. The van der Waals surface area contributed by atoms with Gasteiger partial charge in [0.05, 0.1) is 0 Å². The molecule has 142 valence electrons. The van der Waals surface area contributed by atoms with Gasteiger partial charge in [0.2, 0.25) is 0 Å². The smallest absolute Gasteiger partial charge is 0.262 e. The van der Waals surface area contributed by atoms with E-state index in [9.17, 15) is 8.42 Å². The van der Waals surface area contributed by atoms with Crippen molar-refractivity contribution in [1.82, 2.24) is 24.1 Å². The third-order valence-electron chi connectivity index (χ3n) is 4.56. The van der Waals surface area contributed by atoms with Crippen LogP contribution < -0.4 is 9.80 Å². The topological polar surface area (TPSA) is 87.5 Å². The van der Waals surface area contributed by atoms with Crippen LogP contribution in [0.2, 0.25) is 0 Å². The molecule has 0 aliphatic carbocycles. The molecule has 0 spiro atoms. The SMILES string of the molecule is CCn1cc(S(=O)(=O)N2CCN(c3ccc(N(C)C)nn3)CC2)nc1C. The molecule has 1 aliphatic heterocycles. The molecule has 3 heterocycles. The van der Waals surface area contributed by atoms with E-state index >= 15 is 0 Å². The van der Waals surface area contributed by atoms with Crippen LogP contribution >= 0.6 is 0 Å². The summed E-state index contributed by atoms with van der Waals surface area (Å²) in [6.45, 7) is 6.42. The van der Waals surface area contributed by atoms with E-state index in [0.717, 1.165) is 11.6 Å². The van der Waals surface area contributed by atoms with E-state index in [2.05, 4.69) is 15.2 Å². The van der Waals surface area contributed by atoms with Gasteiger partial charge in [-0.05, 0) is 26.0 Å². The maximum Gasteiger partial charge on any atom is 0.262 e. The summed E-state index contributed by atoms with van der Waals surface area (Å²) in [5.74, 6) is 2.26. The Balaban J connectivity index is 1.69. The minimum Gasteiger partial charge on any atom is -0.361 e. The van der Waals surface area contributed by atoms with Crippen LogP contribution in [0.4, 0.5) is 11.6 Å². The summed E-state index contributed by atoms with van der Waals surface area (Å²) in [4.78, 5) is 8.16. The lowest BCUT2D eigenvalue weighted by molar-refractivity contribution is 0.382. The second-order valence-electron chi connectivity index (χ2n) is 6.45. The zero-order valence-electron chi connectivity index (χ0n) is 15.6. The average molecular weight is 379 g/mol. The average Bonchev–Trinajstić information content (AvgIpc) is 3.03. The first kappa shape index (κ1) is 18.6. The molecule has 0 atom stereocenters. The Kier molecular flexibility index (Phi) is 5.15. The minimum atomic E-state index is -3.57. The van der Waals surface area contributed by atoms with Crippen molar-refractivity contribution >= 4 is 21.7 Å². The van der Waals surface area contributed by atoms with Gasteiger partial charge in [0.15, 0.2) is 16.7 Å². The Hall–Kier alpha value is -2.20. The van der Waals surface area contributed by atoms with Gasteiger partial charge in [-0.25, -0.2) is 13.4 Å². The normalized spacial score (nSPS) is 16.1. The molecule has 0 aromatic carbocycles. The number of sulfonamides is 1. The van der Waals surface area contributed by atoms with Crippen molar-refractivity contribution in [3.63, 3.8) is 0 Å². The van der Waals surface area contributed by atoms with Crippen molar-refractivity contribution in [1.29, 1.82) is 0 Å². The fourth-order valence-corrected chi connectivity index (χ4v) is 4.36. The first-order valence-corrected chi connectivity index (χ1v) is 10.1. The molecule has 0 N–H and O–H groups in total. The fraction of sp³-hybridized carbons (Fsp3) is 0.562. The largest absolute Gasteiger partial charge is 0.361 e. The van der Waals surface area contributed by atoms with Gasteiger partial charge in [0, 0.05) is 53.0 Å². The van der Waals surface area contributed by atoms with Crippen molar-refractivity contribution in [3.8, 4) is 0 Å². The lowest BCUT2D eigenvalue weighted by Crippen LogP contribution is -2.49. The Morgan fingerprint density at radius 2 is 1.81 bits per heavy atom. The van der Waals surface area contributed by atoms with Crippen LogP contribution in [0.25, 0.3) is 0 Å². The molecule has 1 saturated heterocycles. The van der Waals surface area contributed by atoms with Crippen LogP contribution in [-0.2, 0) is 16.6 Å². The molecule has 26 heavy (non-hydrogen) atoms. The summed E-state index contributed by atoms with van der Waals surface area (Å²) in [6.07, 6.45) is 1.61. The first-order valence-electron chi connectivity index (χ1n) is 8.63. The highest BCUT2D eigenvalue weighted by Gasteiger charge is 2.31. The Morgan fingerprint density at radius 3 is 2.31 bits per heavy atom. The predicted octanol–water partition coefficient (Wildman–Crippen LogP) is 0.578. The molecular weight excluding hydrogens is 354 g/mol. The molecule has 0 bridgehead atoms. The number of anilines is 2. The Labute approximate surface area is 154 Å². The van der Waals surface area contributed by atoms with Crippen molar-refractivity contribution in [3.05, 3.63) is 24.2 Å². The van der Waals surface area contributed by atoms with Crippen molar-refractivity contribution in [2.75, 3.05) is 50.1 Å². The molecule has 0 amide bonds. The molecule has 2 aromatic rings. The van der Waals surface area contributed by atoms with Crippen LogP contribution in [0, 0.1) is 6.92 Å². The fourth-order valence-electron chi connectivity index (χ4n) is 2.94. The number of imidazole rings is 1. The summed E-state index contributed by atoms with van der Waals surface area (Å²) < 4.78 is 29.0. The van der Waals surface area contributed by atoms with Gasteiger partial charge in [-0.15, -0.1) is 10.2 Å². The number of rotatable bonds is 5. The molecule has 3 rings (SSSR count). The van der Waals surface area contributed by atoms with Gasteiger partial charge in [-0.1, -0.05) is 0 Å². The molecule has 10 heteroatoms. The maximum atomic E-state index is 12.8. The molecule has 1 aliphatic rings. The Bertz CT molecular complexity index is 853. The third-order valence-corrected chi connectivity index (χ3v) is 6.33. The van der Waals surface area contributed by atoms with Gasteiger partial charge < -0.3 is 14.4 Å². The highest BCUT2D eigenvalue weighted by Crippen LogP contribution is 2.20. The number of hydrogen-bond donors (Lipinski definition) is 0. The predicted molar refractivity (Wildman–Crippen MR) is 100.0 cm³/mol. The van der Waals surface area contributed by atoms with E-state index in [0.29, 0.717) is 38.5 Å². The molecule has 0 radical (unpaired) electrons. The second kappa shape index (κ2) is 7.20. The first-order chi connectivity index (χ1) is 12.3. The minimum absolute atomic E-state index is 0.125. The van der Waals surface area contributed by atoms with Gasteiger partial charge >= 0.3 is 0 Å². The van der Waals surface area contributed by atoms with Gasteiger partial charge in [-0.3, -0.25) is 0 Å². The van der Waals surface area contributed by atoms with Crippen molar-refractivity contribution < 1.29 is 8.42 Å². The van der Waals surface area contributed by atoms with Crippen molar-refractivity contribution in [2.45, 2.75) is 25.4 Å². The number of nitrogens with zero attached hydrogens (tertiary/aromatic N) is 7. The van der Waals surface area contributed by atoms with E-state index in [1.165, 1.54) is 4.31 Å². The van der Waals surface area contributed by atoms with E-state index in [4.69, 9.17) is 0 Å². The molecular formula is C16H25N7O2S. The van der Waals surface area contributed by atoms with Crippen molar-refractivity contribution in [2.24, 2.45) is 0 Å².